The number of fused-ring (bicyclic) bond motifs is 1. The molecule has 0 saturated heterocycles. The van der Waals surface area contributed by atoms with Crippen molar-refractivity contribution in [3.63, 3.8) is 0 Å². The summed E-state index contributed by atoms with van der Waals surface area (Å²) in [5.41, 5.74) is 3.31. The van der Waals surface area contributed by atoms with Gasteiger partial charge in [0.25, 0.3) is 5.91 Å². The van der Waals surface area contributed by atoms with Crippen LogP contribution in [0.3, 0.4) is 0 Å². The summed E-state index contributed by atoms with van der Waals surface area (Å²) in [6.07, 6.45) is 0. The molecule has 122 valence electrons. The van der Waals surface area contributed by atoms with E-state index in [0.717, 1.165) is 27.9 Å². The molecule has 0 bridgehead atoms. The number of carbonyl (C=O) groups is 1. The lowest BCUT2D eigenvalue weighted by atomic mass is 10.1. The van der Waals surface area contributed by atoms with Gasteiger partial charge in [0, 0.05) is 19.0 Å². The van der Waals surface area contributed by atoms with Gasteiger partial charge in [0.15, 0.2) is 0 Å². The third-order valence-corrected chi connectivity index (χ3v) is 4.05. The Bertz CT molecular complexity index is 875. The van der Waals surface area contributed by atoms with Gasteiger partial charge in [-0.3, -0.25) is 9.78 Å². The van der Waals surface area contributed by atoms with Crippen LogP contribution in [0.15, 0.2) is 54.6 Å². The third kappa shape index (κ3) is 3.23. The summed E-state index contributed by atoms with van der Waals surface area (Å²) in [4.78, 5) is 19.1. The Hall–Kier alpha value is -2.88. The molecule has 0 radical (unpaired) electrons. The van der Waals surface area contributed by atoms with Crippen LogP contribution in [0.2, 0.25) is 0 Å². The van der Waals surface area contributed by atoms with E-state index in [1.165, 1.54) is 0 Å². The Kier molecular flexibility index (Phi) is 4.47. The maximum Gasteiger partial charge on any atom is 0.255 e. The van der Waals surface area contributed by atoms with E-state index in [4.69, 9.17) is 4.74 Å². The fourth-order valence-electron chi connectivity index (χ4n) is 2.73. The number of aryl methyl sites for hydroxylation is 1. The second-order valence-electron chi connectivity index (χ2n) is 5.83. The Morgan fingerprint density at radius 3 is 2.58 bits per heavy atom. The molecule has 3 rings (SSSR count). The molecule has 0 saturated carbocycles. The van der Waals surface area contributed by atoms with Gasteiger partial charge in [0.05, 0.1) is 23.9 Å². The second-order valence-corrected chi connectivity index (χ2v) is 5.83. The number of ether oxygens (including phenoxy) is 1. The maximum atomic E-state index is 12.8. The molecule has 1 aromatic heterocycles. The van der Waals surface area contributed by atoms with Gasteiger partial charge in [-0.1, -0.05) is 30.3 Å². The number of pyridine rings is 1. The number of methoxy groups -OCH3 is 1. The Morgan fingerprint density at radius 1 is 1.12 bits per heavy atom. The highest BCUT2D eigenvalue weighted by atomic mass is 16.5. The number of rotatable bonds is 4. The minimum Gasteiger partial charge on any atom is -0.497 e. The van der Waals surface area contributed by atoms with Crippen LogP contribution < -0.4 is 4.74 Å². The predicted octanol–water partition coefficient (Wildman–Crippen LogP) is 3.82. The number of nitrogens with zero attached hydrogens (tertiary/aromatic N) is 2. The first-order chi connectivity index (χ1) is 11.6. The molecule has 0 aliphatic carbocycles. The van der Waals surface area contributed by atoms with Gasteiger partial charge in [-0.2, -0.15) is 0 Å². The van der Waals surface area contributed by atoms with E-state index >= 15 is 0 Å². The van der Waals surface area contributed by atoms with E-state index in [2.05, 4.69) is 4.98 Å². The highest BCUT2D eigenvalue weighted by Crippen LogP contribution is 2.22. The van der Waals surface area contributed by atoms with Gasteiger partial charge >= 0.3 is 0 Å². The first kappa shape index (κ1) is 16.0. The van der Waals surface area contributed by atoms with Crippen molar-refractivity contribution in [2.75, 3.05) is 14.2 Å². The minimum absolute atomic E-state index is 0.0337. The van der Waals surface area contributed by atoms with Crippen molar-refractivity contribution in [3.05, 3.63) is 71.4 Å². The number of hydrogen-bond donors (Lipinski definition) is 0. The van der Waals surface area contributed by atoms with E-state index in [1.807, 2.05) is 68.6 Å². The van der Waals surface area contributed by atoms with Gasteiger partial charge < -0.3 is 9.64 Å². The fourth-order valence-corrected chi connectivity index (χ4v) is 2.73. The molecule has 2 aromatic carbocycles. The van der Waals surface area contributed by atoms with Crippen molar-refractivity contribution in [2.24, 2.45) is 0 Å². The molecule has 0 atom stereocenters. The standard InChI is InChI=1S/C20H20N2O2/c1-14-18(12-16-11-17(24-3)9-10-19(16)21-14)20(23)22(2)13-15-7-5-4-6-8-15/h4-12H,13H2,1-3H3. The molecule has 0 spiro atoms. The number of carbonyl (C=O) groups excluding carboxylic acids is 1. The Labute approximate surface area is 141 Å². The summed E-state index contributed by atoms with van der Waals surface area (Å²) in [6, 6.07) is 17.5. The SMILES string of the molecule is COc1ccc2nc(C)c(C(=O)N(C)Cc3ccccc3)cc2c1. The highest BCUT2D eigenvalue weighted by Gasteiger charge is 2.16. The molecule has 24 heavy (non-hydrogen) atoms. The topological polar surface area (TPSA) is 42.4 Å². The van der Waals surface area contributed by atoms with Crippen LogP contribution in [0.5, 0.6) is 5.75 Å². The smallest absolute Gasteiger partial charge is 0.255 e. The monoisotopic (exact) mass is 320 g/mol. The molecule has 0 N–H and O–H groups in total. The molecule has 4 nitrogen and oxygen atoms in total. The van der Waals surface area contributed by atoms with Crippen LogP contribution in [0.1, 0.15) is 21.6 Å². The van der Waals surface area contributed by atoms with Gasteiger partial charge in [-0.05, 0) is 36.8 Å². The van der Waals surface area contributed by atoms with Crippen molar-refractivity contribution >= 4 is 16.8 Å². The zero-order chi connectivity index (χ0) is 17.1. The summed E-state index contributed by atoms with van der Waals surface area (Å²) in [7, 11) is 3.44. The first-order valence-electron chi connectivity index (χ1n) is 7.83. The number of aromatic nitrogens is 1. The molecule has 0 aliphatic heterocycles. The molecule has 0 fully saturated rings. The summed E-state index contributed by atoms with van der Waals surface area (Å²) in [5, 5.41) is 0.899. The molecule has 3 aromatic rings. The van der Waals surface area contributed by atoms with E-state index < -0.39 is 0 Å². The van der Waals surface area contributed by atoms with Crippen molar-refractivity contribution in [1.82, 2.24) is 9.88 Å². The van der Waals surface area contributed by atoms with Gasteiger partial charge in [-0.15, -0.1) is 0 Å². The molecule has 1 amide bonds. The van der Waals surface area contributed by atoms with Gasteiger partial charge in [-0.25, -0.2) is 0 Å². The summed E-state index contributed by atoms with van der Waals surface area (Å²) in [5.74, 6) is 0.720. The van der Waals surface area contributed by atoms with Crippen LogP contribution in [0.4, 0.5) is 0 Å². The quantitative estimate of drug-likeness (QED) is 0.734. The average molecular weight is 320 g/mol. The lowest BCUT2D eigenvalue weighted by Crippen LogP contribution is -2.27. The van der Waals surface area contributed by atoms with Crippen LogP contribution in [0, 0.1) is 6.92 Å². The molecular formula is C20H20N2O2. The van der Waals surface area contributed by atoms with E-state index in [1.54, 1.807) is 12.0 Å². The van der Waals surface area contributed by atoms with Crippen LogP contribution >= 0.6 is 0 Å². The van der Waals surface area contributed by atoms with E-state index in [9.17, 15) is 4.79 Å². The molecule has 1 heterocycles. The Morgan fingerprint density at radius 2 is 1.88 bits per heavy atom. The normalized spacial score (nSPS) is 10.6. The van der Waals surface area contributed by atoms with Gasteiger partial charge in [0.1, 0.15) is 5.75 Å². The molecule has 4 heteroatoms. The third-order valence-electron chi connectivity index (χ3n) is 4.05. The zero-order valence-electron chi connectivity index (χ0n) is 14.1. The number of benzene rings is 2. The summed E-state index contributed by atoms with van der Waals surface area (Å²) in [6.45, 7) is 2.43. The van der Waals surface area contributed by atoms with Crippen molar-refractivity contribution in [2.45, 2.75) is 13.5 Å². The fraction of sp³-hybridized carbons (Fsp3) is 0.200. The highest BCUT2D eigenvalue weighted by molar-refractivity contribution is 5.98. The summed E-state index contributed by atoms with van der Waals surface area (Å²) >= 11 is 0. The van der Waals surface area contributed by atoms with Crippen molar-refractivity contribution < 1.29 is 9.53 Å². The molecule has 0 unspecified atom stereocenters. The first-order valence-corrected chi connectivity index (χ1v) is 7.83. The van der Waals surface area contributed by atoms with Gasteiger partial charge in [0.2, 0.25) is 0 Å². The maximum absolute atomic E-state index is 12.8. The minimum atomic E-state index is -0.0337. The summed E-state index contributed by atoms with van der Waals surface area (Å²) < 4.78 is 5.26. The number of amides is 1. The van der Waals surface area contributed by atoms with E-state index in [0.29, 0.717) is 12.1 Å². The van der Waals surface area contributed by atoms with Crippen molar-refractivity contribution in [1.29, 1.82) is 0 Å². The average Bonchev–Trinajstić information content (AvgIpc) is 2.61. The van der Waals surface area contributed by atoms with Crippen LogP contribution in [-0.4, -0.2) is 29.9 Å². The molecule has 0 aliphatic rings. The largest absolute Gasteiger partial charge is 0.497 e. The zero-order valence-corrected chi connectivity index (χ0v) is 14.1. The van der Waals surface area contributed by atoms with Crippen molar-refractivity contribution in [3.8, 4) is 5.75 Å². The number of hydrogen-bond acceptors (Lipinski definition) is 3. The van der Waals surface area contributed by atoms with Crippen LogP contribution in [-0.2, 0) is 6.54 Å². The Balaban J connectivity index is 1.92. The second kappa shape index (κ2) is 6.71. The molecular weight excluding hydrogens is 300 g/mol. The predicted molar refractivity (Wildman–Crippen MR) is 95.3 cm³/mol. The lowest BCUT2D eigenvalue weighted by molar-refractivity contribution is 0.0784. The van der Waals surface area contributed by atoms with Crippen LogP contribution in [0.25, 0.3) is 10.9 Å². The van der Waals surface area contributed by atoms with E-state index in [-0.39, 0.29) is 5.91 Å². The lowest BCUT2D eigenvalue weighted by Gasteiger charge is -2.18.